The van der Waals surface area contributed by atoms with Gasteiger partial charge in [-0.15, -0.1) is 0 Å². The van der Waals surface area contributed by atoms with Gasteiger partial charge in [0.05, 0.1) is 12.7 Å². The van der Waals surface area contributed by atoms with Crippen molar-refractivity contribution in [3.05, 3.63) is 32.6 Å². The molecule has 1 saturated heterocycles. The summed E-state index contributed by atoms with van der Waals surface area (Å²) in [4.78, 5) is 26.2. The van der Waals surface area contributed by atoms with Crippen LogP contribution in [0, 0.1) is 24.2 Å². The van der Waals surface area contributed by atoms with Crippen LogP contribution in [-0.2, 0) is 9.16 Å². The number of rotatable bonds is 4. The Balaban J connectivity index is 2.53. The van der Waals surface area contributed by atoms with Gasteiger partial charge in [0, 0.05) is 17.7 Å². The van der Waals surface area contributed by atoms with Crippen molar-refractivity contribution >= 4 is 8.32 Å². The molecule has 4 atom stereocenters. The molecule has 0 radical (unpaired) electrons. The van der Waals surface area contributed by atoms with Crippen molar-refractivity contribution in [2.24, 2.45) is 5.92 Å². The standard InChI is InChI=1S/C18H29N3O5Si/c1-11-8-21(16(24)20-14(11)23)15-12(2)13(18(9-19,10-22)25-15)26-27(6,7)17(3,4)5/h8,12-13,15,22H,10H2,1-7H3,(H,20,23,24)/t12-,13-,15+,18+/m0/s1. The van der Waals surface area contributed by atoms with E-state index in [2.05, 4.69) is 44.9 Å². The lowest BCUT2D eigenvalue weighted by Crippen LogP contribution is -2.53. The van der Waals surface area contributed by atoms with Crippen LogP contribution in [0.1, 0.15) is 39.5 Å². The summed E-state index contributed by atoms with van der Waals surface area (Å²) in [7, 11) is -2.28. The maximum absolute atomic E-state index is 12.3. The van der Waals surface area contributed by atoms with E-state index in [1.165, 1.54) is 10.8 Å². The van der Waals surface area contributed by atoms with Crippen LogP contribution in [0.25, 0.3) is 0 Å². The second-order valence-corrected chi connectivity index (χ2v) is 13.6. The Bertz CT molecular complexity index is 863. The molecule has 0 aliphatic carbocycles. The Morgan fingerprint density at radius 1 is 1.44 bits per heavy atom. The number of ether oxygens (including phenoxy) is 1. The zero-order chi connectivity index (χ0) is 20.8. The highest BCUT2D eigenvalue weighted by molar-refractivity contribution is 6.74. The molecule has 1 aliphatic rings. The van der Waals surface area contributed by atoms with Gasteiger partial charge in [0.25, 0.3) is 5.56 Å². The van der Waals surface area contributed by atoms with Gasteiger partial charge in [-0.25, -0.2) is 4.79 Å². The van der Waals surface area contributed by atoms with Crippen LogP contribution in [-0.4, -0.2) is 41.3 Å². The van der Waals surface area contributed by atoms with Crippen LogP contribution in [0.15, 0.2) is 15.8 Å². The number of aryl methyl sites for hydroxylation is 1. The van der Waals surface area contributed by atoms with Crippen LogP contribution < -0.4 is 11.2 Å². The number of aromatic amines is 1. The molecule has 2 N–H and O–H groups in total. The summed E-state index contributed by atoms with van der Waals surface area (Å²) in [5, 5.41) is 19.7. The maximum atomic E-state index is 12.3. The third-order valence-corrected chi connectivity index (χ3v) is 10.2. The molecule has 0 unspecified atom stereocenters. The predicted octanol–water partition coefficient (Wildman–Crippen LogP) is 1.65. The number of nitrogens with zero attached hydrogens (tertiary/aromatic N) is 2. The highest BCUT2D eigenvalue weighted by Gasteiger charge is 2.58. The number of aliphatic hydroxyl groups is 1. The lowest BCUT2D eigenvalue weighted by molar-refractivity contribution is -0.0910. The third kappa shape index (κ3) is 3.67. The molecular weight excluding hydrogens is 366 g/mol. The molecule has 2 rings (SSSR count). The molecule has 0 saturated carbocycles. The first-order valence-electron chi connectivity index (χ1n) is 8.99. The highest BCUT2D eigenvalue weighted by atomic mass is 28.4. The topological polar surface area (TPSA) is 117 Å². The molecule has 2 heterocycles. The fourth-order valence-corrected chi connectivity index (χ4v) is 4.39. The molecule has 1 fully saturated rings. The van der Waals surface area contributed by atoms with E-state index in [0.29, 0.717) is 5.56 Å². The third-order valence-electron chi connectivity index (χ3n) is 5.79. The molecule has 27 heavy (non-hydrogen) atoms. The number of hydrogen-bond acceptors (Lipinski definition) is 6. The summed E-state index contributed by atoms with van der Waals surface area (Å²) in [5.41, 5.74) is -2.32. The first-order valence-corrected chi connectivity index (χ1v) is 11.9. The Morgan fingerprint density at radius 2 is 2.04 bits per heavy atom. The lowest BCUT2D eigenvalue weighted by atomic mass is 9.92. The van der Waals surface area contributed by atoms with Crippen LogP contribution in [0.4, 0.5) is 0 Å². The molecular formula is C18H29N3O5Si. The first-order chi connectivity index (χ1) is 12.3. The van der Waals surface area contributed by atoms with E-state index < -0.39 is 50.0 Å². The van der Waals surface area contributed by atoms with Gasteiger partial charge in [-0.05, 0) is 25.1 Å². The largest absolute Gasteiger partial charge is 0.409 e. The van der Waals surface area contributed by atoms with Crippen molar-refractivity contribution < 1.29 is 14.3 Å². The monoisotopic (exact) mass is 395 g/mol. The van der Waals surface area contributed by atoms with Gasteiger partial charge in [-0.1, -0.05) is 27.7 Å². The maximum Gasteiger partial charge on any atom is 0.330 e. The average molecular weight is 396 g/mol. The van der Waals surface area contributed by atoms with Crippen molar-refractivity contribution in [2.75, 3.05) is 6.61 Å². The minimum Gasteiger partial charge on any atom is -0.409 e. The normalized spacial score (nSPS) is 28.9. The van der Waals surface area contributed by atoms with Crippen LogP contribution >= 0.6 is 0 Å². The molecule has 8 nitrogen and oxygen atoms in total. The van der Waals surface area contributed by atoms with E-state index in [1.807, 2.05) is 6.92 Å². The molecule has 0 aromatic carbocycles. The van der Waals surface area contributed by atoms with Gasteiger partial charge in [0.2, 0.25) is 5.60 Å². The second kappa shape index (κ2) is 7.02. The van der Waals surface area contributed by atoms with Gasteiger partial charge >= 0.3 is 5.69 Å². The van der Waals surface area contributed by atoms with Crippen molar-refractivity contribution in [2.45, 2.75) is 70.7 Å². The Kier molecular flexibility index (Phi) is 5.61. The van der Waals surface area contributed by atoms with E-state index in [0.717, 1.165) is 0 Å². The van der Waals surface area contributed by atoms with E-state index in [4.69, 9.17) is 9.16 Å². The van der Waals surface area contributed by atoms with Crippen LogP contribution in [0.5, 0.6) is 0 Å². The van der Waals surface area contributed by atoms with Crippen molar-refractivity contribution in [1.82, 2.24) is 9.55 Å². The predicted molar refractivity (Wildman–Crippen MR) is 103 cm³/mol. The first kappa shape index (κ1) is 21.6. The van der Waals surface area contributed by atoms with Gasteiger partial charge in [0.15, 0.2) is 8.32 Å². The number of nitriles is 1. The van der Waals surface area contributed by atoms with Crippen molar-refractivity contribution in [3.63, 3.8) is 0 Å². The summed E-state index contributed by atoms with van der Waals surface area (Å²) in [5.74, 6) is -0.395. The molecule has 0 amide bonds. The van der Waals surface area contributed by atoms with E-state index in [9.17, 15) is 20.0 Å². The van der Waals surface area contributed by atoms with E-state index >= 15 is 0 Å². The van der Waals surface area contributed by atoms with Crippen molar-refractivity contribution in [3.8, 4) is 6.07 Å². The quantitative estimate of drug-likeness (QED) is 0.749. The van der Waals surface area contributed by atoms with E-state index in [-0.39, 0.29) is 5.04 Å². The summed E-state index contributed by atoms with van der Waals surface area (Å²) < 4.78 is 13.6. The lowest BCUT2D eigenvalue weighted by Gasteiger charge is -2.41. The molecule has 1 aromatic rings. The Morgan fingerprint density at radius 3 is 2.52 bits per heavy atom. The minimum absolute atomic E-state index is 0.104. The number of aliphatic hydroxyl groups excluding tert-OH is 1. The smallest absolute Gasteiger partial charge is 0.330 e. The van der Waals surface area contributed by atoms with Gasteiger partial charge < -0.3 is 14.3 Å². The summed E-state index contributed by atoms with van der Waals surface area (Å²) in [6, 6.07) is 2.06. The number of hydrogen-bond donors (Lipinski definition) is 2. The Hall–Kier alpha value is -1.73. The molecule has 1 aliphatic heterocycles. The average Bonchev–Trinajstić information content (AvgIpc) is 2.83. The van der Waals surface area contributed by atoms with E-state index in [1.54, 1.807) is 6.92 Å². The Labute approximate surface area is 159 Å². The zero-order valence-corrected chi connectivity index (χ0v) is 18.0. The number of aromatic nitrogens is 2. The van der Waals surface area contributed by atoms with Crippen molar-refractivity contribution in [1.29, 1.82) is 5.26 Å². The SMILES string of the molecule is Cc1cn([C@@H]2O[C@](C#N)(CO)[C@@H](O[Si](C)(C)C(C)(C)C)[C@@H]2C)c(=O)[nH]c1=O. The number of H-pyrrole nitrogens is 1. The molecule has 1 aromatic heterocycles. The van der Waals surface area contributed by atoms with Gasteiger partial charge in [-0.3, -0.25) is 14.3 Å². The summed E-state index contributed by atoms with van der Waals surface area (Å²) >= 11 is 0. The second-order valence-electron chi connectivity index (χ2n) is 8.80. The van der Waals surface area contributed by atoms with Gasteiger partial charge in [-0.2, -0.15) is 5.26 Å². The summed E-state index contributed by atoms with van der Waals surface area (Å²) in [6.07, 6.45) is -0.136. The molecule has 0 bridgehead atoms. The van der Waals surface area contributed by atoms with Crippen LogP contribution in [0.3, 0.4) is 0 Å². The fourth-order valence-electron chi connectivity index (χ4n) is 3.00. The molecule has 150 valence electrons. The fraction of sp³-hybridized carbons (Fsp3) is 0.722. The zero-order valence-electron chi connectivity index (χ0n) is 17.0. The minimum atomic E-state index is -2.28. The summed E-state index contributed by atoms with van der Waals surface area (Å²) in [6.45, 7) is 13.2. The number of nitrogens with one attached hydrogen (secondary N) is 1. The highest BCUT2D eigenvalue weighted by Crippen LogP contribution is 2.46. The van der Waals surface area contributed by atoms with Crippen LogP contribution in [0.2, 0.25) is 18.1 Å². The molecule has 9 heteroatoms. The van der Waals surface area contributed by atoms with Gasteiger partial charge in [0.1, 0.15) is 12.3 Å². The molecule has 0 spiro atoms.